The Kier molecular flexibility index (Phi) is 6.71. The molecule has 216 valence electrons. The maximum atomic E-state index is 16.4. The first-order chi connectivity index (χ1) is 18.8. The number of rotatable bonds is 5. The van der Waals surface area contributed by atoms with Crippen LogP contribution >= 0.6 is 0 Å². The van der Waals surface area contributed by atoms with Gasteiger partial charge in [0.25, 0.3) is 5.91 Å². The van der Waals surface area contributed by atoms with Gasteiger partial charge < -0.3 is 31.5 Å². The molecular weight excluding hydrogens is 523 g/mol. The second kappa shape index (κ2) is 9.57. The quantitative estimate of drug-likeness (QED) is 0.229. The number of carbonyl (C=O) groups excluding carboxylic acids is 3. The number of phenolic OH excluding ortho intramolecular Hbond substituents is 1. The number of nitrogens with one attached hydrogen (secondary N) is 1. The normalized spacial score (nSPS) is 29.7. The molecule has 11 nitrogen and oxygen atoms in total. The van der Waals surface area contributed by atoms with Crippen LogP contribution in [0, 0.1) is 17.7 Å². The third kappa shape index (κ3) is 3.62. The van der Waals surface area contributed by atoms with Gasteiger partial charge in [-0.15, -0.1) is 0 Å². The van der Waals surface area contributed by atoms with Crippen LogP contribution in [0.15, 0.2) is 22.7 Å². The van der Waals surface area contributed by atoms with Gasteiger partial charge >= 0.3 is 0 Å². The van der Waals surface area contributed by atoms with Crippen LogP contribution in [-0.4, -0.2) is 93.6 Å². The van der Waals surface area contributed by atoms with Gasteiger partial charge in [0.2, 0.25) is 5.78 Å². The minimum atomic E-state index is -2.74. The van der Waals surface area contributed by atoms with Gasteiger partial charge in [-0.05, 0) is 59.3 Å². The van der Waals surface area contributed by atoms with Gasteiger partial charge in [0.1, 0.15) is 22.9 Å². The predicted molar refractivity (Wildman–Crippen MR) is 142 cm³/mol. The Hall–Kier alpha value is -3.48. The zero-order valence-electron chi connectivity index (χ0n) is 22.9. The van der Waals surface area contributed by atoms with Crippen molar-refractivity contribution in [1.82, 2.24) is 9.80 Å². The van der Waals surface area contributed by atoms with Gasteiger partial charge in [-0.2, -0.15) is 0 Å². The van der Waals surface area contributed by atoms with Gasteiger partial charge in [0, 0.05) is 35.2 Å². The number of aromatic hydroxyl groups is 1. The molecule has 0 bridgehead atoms. The van der Waals surface area contributed by atoms with Crippen LogP contribution in [0.5, 0.6) is 5.75 Å². The fourth-order valence-corrected chi connectivity index (χ4v) is 7.28. The summed E-state index contributed by atoms with van der Waals surface area (Å²) in [6.45, 7) is 3.16. The summed E-state index contributed by atoms with van der Waals surface area (Å²) in [7, 11) is 4.99. The minimum absolute atomic E-state index is 0.00738. The molecule has 5 rings (SSSR count). The molecule has 0 saturated heterocycles. The molecule has 0 aromatic heterocycles. The number of likely N-dealkylation sites (N-methyl/N-ethyl adjacent to an activating group) is 1. The molecule has 1 amide bonds. The molecule has 0 spiro atoms. The van der Waals surface area contributed by atoms with Gasteiger partial charge in [-0.3, -0.25) is 24.2 Å². The number of aliphatic hydroxyl groups is 3. The third-order valence-electron chi connectivity index (χ3n) is 9.02. The molecule has 1 heterocycles. The number of hydrogen-bond acceptors (Lipinski definition) is 10. The lowest BCUT2D eigenvalue weighted by atomic mass is 9.58. The van der Waals surface area contributed by atoms with Crippen LogP contribution in [0.4, 0.5) is 10.1 Å². The van der Waals surface area contributed by atoms with E-state index in [4.69, 9.17) is 5.73 Å². The second-order valence-electron chi connectivity index (χ2n) is 11.5. The van der Waals surface area contributed by atoms with Crippen LogP contribution in [-0.2, 0) is 16.0 Å². The molecule has 0 fully saturated rings. The standard InChI is InChI=1S/C28H35FN4O7/c1-5-8-33(4)14-6-7-31-20-17(14)19(29)12-9-11-10-13-21(32(2)3)24(36)18(27(30)39)26(38)28(13,40)25(37)15(11)22(34)16(12)23(20)35/h11,13-14,21,31,35-37,40H,5-10H2,1-4H3,(H2,30,39)/t11-,13-,14?,21-,28-/m0/s1. The number of amides is 1. The molecule has 7 N–H and O–H groups in total. The van der Waals surface area contributed by atoms with E-state index in [1.54, 1.807) is 14.1 Å². The van der Waals surface area contributed by atoms with Gasteiger partial charge in [0.05, 0.1) is 17.3 Å². The first-order valence-corrected chi connectivity index (χ1v) is 13.4. The fourth-order valence-electron chi connectivity index (χ4n) is 7.28. The first kappa shape index (κ1) is 28.1. The number of nitrogens with zero attached hydrogens (tertiary/aromatic N) is 2. The number of nitrogens with two attached hydrogens (primary N) is 1. The van der Waals surface area contributed by atoms with E-state index in [9.17, 15) is 34.8 Å². The predicted octanol–water partition coefficient (Wildman–Crippen LogP) is 1.46. The van der Waals surface area contributed by atoms with Crippen LogP contribution < -0.4 is 11.1 Å². The molecule has 1 aromatic carbocycles. The van der Waals surface area contributed by atoms with Crippen LogP contribution in [0.3, 0.4) is 0 Å². The topological polar surface area (TPSA) is 177 Å². The summed E-state index contributed by atoms with van der Waals surface area (Å²) in [4.78, 5) is 42.9. The lowest BCUT2D eigenvalue weighted by Gasteiger charge is -2.50. The molecule has 0 saturated carbocycles. The Labute approximate surface area is 230 Å². The van der Waals surface area contributed by atoms with Crippen LogP contribution in [0.2, 0.25) is 0 Å². The number of hydrogen-bond donors (Lipinski definition) is 6. The van der Waals surface area contributed by atoms with E-state index >= 15 is 4.39 Å². The number of primary amides is 1. The maximum Gasteiger partial charge on any atom is 0.255 e. The summed E-state index contributed by atoms with van der Waals surface area (Å²) in [6, 6.07) is -1.43. The first-order valence-electron chi connectivity index (χ1n) is 13.4. The highest BCUT2D eigenvalue weighted by Gasteiger charge is 2.63. The Morgan fingerprint density at radius 1 is 1.20 bits per heavy atom. The zero-order chi connectivity index (χ0) is 29.4. The summed E-state index contributed by atoms with van der Waals surface area (Å²) in [5.41, 5.74) is 1.50. The Bertz CT molecular complexity index is 1400. The number of aliphatic hydroxyl groups excluding tert-OH is 2. The highest BCUT2D eigenvalue weighted by atomic mass is 19.1. The minimum Gasteiger partial charge on any atom is -0.510 e. The Morgan fingerprint density at radius 3 is 2.48 bits per heavy atom. The maximum absolute atomic E-state index is 16.4. The molecular formula is C28H35FN4O7. The van der Waals surface area contributed by atoms with E-state index in [0.717, 1.165) is 6.42 Å². The van der Waals surface area contributed by atoms with Crippen molar-refractivity contribution in [2.75, 3.05) is 39.5 Å². The van der Waals surface area contributed by atoms with Crippen molar-refractivity contribution in [1.29, 1.82) is 0 Å². The molecule has 3 aliphatic carbocycles. The smallest absolute Gasteiger partial charge is 0.255 e. The van der Waals surface area contributed by atoms with E-state index in [2.05, 4.69) is 5.32 Å². The average Bonchev–Trinajstić information content (AvgIpc) is 2.88. The molecule has 40 heavy (non-hydrogen) atoms. The SMILES string of the molecule is CCCN(C)C1CCNc2c(O)c3c(c(F)c21)C[C@H]1C[C@H]2[C@H](N(C)C)C(O)=C(C(N)=O)C(=O)[C@@]2(O)C(O)=C1C3=O. The van der Waals surface area contributed by atoms with Crippen molar-refractivity contribution in [2.24, 2.45) is 17.6 Å². The second-order valence-corrected chi connectivity index (χ2v) is 11.5. The molecule has 0 radical (unpaired) electrons. The van der Waals surface area contributed by atoms with E-state index in [1.807, 2.05) is 18.9 Å². The highest BCUT2D eigenvalue weighted by Crippen LogP contribution is 2.54. The lowest BCUT2D eigenvalue weighted by Crippen LogP contribution is -2.63. The number of halogens is 1. The number of allylic oxidation sites excluding steroid dienone is 1. The van der Waals surface area contributed by atoms with E-state index in [0.29, 0.717) is 19.5 Å². The van der Waals surface area contributed by atoms with Crippen molar-refractivity contribution in [3.63, 3.8) is 0 Å². The fraction of sp³-hybridized carbons (Fsp3) is 0.536. The van der Waals surface area contributed by atoms with Crippen molar-refractivity contribution < 1.29 is 39.2 Å². The number of fused-ring (bicyclic) bond motifs is 4. The number of anilines is 1. The van der Waals surface area contributed by atoms with Gasteiger partial charge in [-0.1, -0.05) is 6.92 Å². The number of carbonyl (C=O) groups is 3. The molecule has 12 heteroatoms. The van der Waals surface area contributed by atoms with E-state index < -0.39 is 69.6 Å². The molecule has 1 unspecified atom stereocenters. The van der Waals surface area contributed by atoms with Crippen molar-refractivity contribution in [3.8, 4) is 5.75 Å². The molecule has 1 aliphatic heterocycles. The summed E-state index contributed by atoms with van der Waals surface area (Å²) < 4.78 is 16.4. The van der Waals surface area contributed by atoms with Crippen LogP contribution in [0.1, 0.15) is 53.7 Å². The number of benzene rings is 1. The average molecular weight is 559 g/mol. The summed E-state index contributed by atoms with van der Waals surface area (Å²) in [6.07, 6.45) is 1.25. The zero-order valence-corrected chi connectivity index (χ0v) is 22.9. The molecule has 5 atom stereocenters. The summed E-state index contributed by atoms with van der Waals surface area (Å²) in [5.74, 6) is -8.20. The van der Waals surface area contributed by atoms with Gasteiger partial charge in [-0.25, -0.2) is 4.39 Å². The lowest BCUT2D eigenvalue weighted by molar-refractivity contribution is -0.148. The largest absolute Gasteiger partial charge is 0.510 e. The summed E-state index contributed by atoms with van der Waals surface area (Å²) >= 11 is 0. The Balaban J connectivity index is 1.70. The van der Waals surface area contributed by atoms with Crippen molar-refractivity contribution in [2.45, 2.75) is 50.3 Å². The van der Waals surface area contributed by atoms with Crippen LogP contribution in [0.25, 0.3) is 0 Å². The molecule has 4 aliphatic rings. The van der Waals surface area contributed by atoms with E-state index in [-0.39, 0.29) is 46.8 Å². The number of phenols is 1. The number of Topliss-reactive ketones (excluding diaryl/α,β-unsaturated/α-hetero) is 2. The molecule has 1 aromatic rings. The van der Waals surface area contributed by atoms with Crippen molar-refractivity contribution >= 4 is 23.2 Å². The Morgan fingerprint density at radius 2 is 1.88 bits per heavy atom. The highest BCUT2D eigenvalue weighted by molar-refractivity contribution is 6.25. The monoisotopic (exact) mass is 558 g/mol. The van der Waals surface area contributed by atoms with Crippen molar-refractivity contribution in [3.05, 3.63) is 45.2 Å². The van der Waals surface area contributed by atoms with Gasteiger partial charge in [0.15, 0.2) is 17.1 Å². The number of ketones is 2. The third-order valence-corrected chi connectivity index (χ3v) is 9.02. The summed E-state index contributed by atoms with van der Waals surface area (Å²) in [5, 5.41) is 48.3. The van der Waals surface area contributed by atoms with E-state index in [1.165, 1.54) is 4.90 Å².